The Hall–Kier alpha value is -2.64. The van der Waals surface area contributed by atoms with Crippen molar-refractivity contribution < 1.29 is 4.79 Å². The van der Waals surface area contributed by atoms with Crippen LogP contribution in [0, 0.1) is 6.92 Å². The number of nitrogens with one attached hydrogen (secondary N) is 1. The third-order valence-electron chi connectivity index (χ3n) is 4.90. The smallest absolute Gasteiger partial charge is 0.241 e. The SMILES string of the molecule is Cc1cn2c(n1)CCC(Nc1cc(N3CCN(C)C(=O)C3)ncn1)C2. The van der Waals surface area contributed by atoms with E-state index in [0.717, 1.165) is 55.6 Å². The minimum absolute atomic E-state index is 0.120. The van der Waals surface area contributed by atoms with E-state index in [-0.39, 0.29) is 5.91 Å². The highest BCUT2D eigenvalue weighted by Gasteiger charge is 2.23. The summed E-state index contributed by atoms with van der Waals surface area (Å²) in [6, 6.07) is 2.26. The van der Waals surface area contributed by atoms with Crippen molar-refractivity contribution in [1.82, 2.24) is 24.4 Å². The molecule has 25 heavy (non-hydrogen) atoms. The molecular formula is C17H23N7O. The van der Waals surface area contributed by atoms with Crippen LogP contribution < -0.4 is 10.2 Å². The van der Waals surface area contributed by atoms with E-state index in [2.05, 4.69) is 31.0 Å². The Labute approximate surface area is 146 Å². The van der Waals surface area contributed by atoms with Gasteiger partial charge in [-0.15, -0.1) is 0 Å². The maximum absolute atomic E-state index is 11.9. The van der Waals surface area contributed by atoms with Gasteiger partial charge in [0.15, 0.2) is 0 Å². The molecule has 1 amide bonds. The second kappa shape index (κ2) is 6.34. The first-order valence-electron chi connectivity index (χ1n) is 8.68. The van der Waals surface area contributed by atoms with Crippen LogP contribution in [0.4, 0.5) is 11.6 Å². The average molecular weight is 341 g/mol. The minimum atomic E-state index is 0.120. The highest BCUT2D eigenvalue weighted by molar-refractivity contribution is 5.82. The molecule has 2 aromatic heterocycles. The lowest BCUT2D eigenvalue weighted by Crippen LogP contribution is -2.48. The molecule has 1 fully saturated rings. The maximum atomic E-state index is 11.9. The number of aryl methyl sites for hydroxylation is 2. The summed E-state index contributed by atoms with van der Waals surface area (Å²) < 4.78 is 2.22. The Bertz CT molecular complexity index is 787. The summed E-state index contributed by atoms with van der Waals surface area (Å²) in [5, 5.41) is 3.51. The molecule has 4 rings (SSSR count). The molecule has 1 saturated heterocycles. The topological polar surface area (TPSA) is 79.2 Å². The number of fused-ring (bicyclic) bond motifs is 1. The molecule has 0 bridgehead atoms. The van der Waals surface area contributed by atoms with Gasteiger partial charge in [0.1, 0.15) is 23.8 Å². The average Bonchev–Trinajstić information content (AvgIpc) is 2.97. The van der Waals surface area contributed by atoms with Gasteiger partial charge in [-0.05, 0) is 13.3 Å². The van der Waals surface area contributed by atoms with Gasteiger partial charge < -0.3 is 19.7 Å². The fourth-order valence-corrected chi connectivity index (χ4v) is 3.47. The summed E-state index contributed by atoms with van der Waals surface area (Å²) in [5.74, 6) is 2.89. The molecule has 1 unspecified atom stereocenters. The van der Waals surface area contributed by atoms with Crippen molar-refractivity contribution in [3.05, 3.63) is 30.1 Å². The van der Waals surface area contributed by atoms with Crippen LogP contribution in [-0.4, -0.2) is 63.0 Å². The van der Waals surface area contributed by atoms with Gasteiger partial charge in [-0.1, -0.05) is 0 Å². The van der Waals surface area contributed by atoms with Crippen molar-refractivity contribution in [2.24, 2.45) is 0 Å². The summed E-state index contributed by atoms with van der Waals surface area (Å²) in [7, 11) is 1.84. The number of anilines is 2. The summed E-state index contributed by atoms with van der Waals surface area (Å²) >= 11 is 0. The van der Waals surface area contributed by atoms with Crippen LogP contribution in [0.3, 0.4) is 0 Å². The van der Waals surface area contributed by atoms with Crippen molar-refractivity contribution in [2.45, 2.75) is 32.4 Å². The van der Waals surface area contributed by atoms with Crippen LogP contribution in [0.5, 0.6) is 0 Å². The third-order valence-corrected chi connectivity index (χ3v) is 4.90. The van der Waals surface area contributed by atoms with Crippen molar-refractivity contribution in [3.63, 3.8) is 0 Å². The van der Waals surface area contributed by atoms with Gasteiger partial charge in [0.25, 0.3) is 0 Å². The molecule has 2 aromatic rings. The first kappa shape index (κ1) is 15.9. The number of imidazole rings is 1. The first-order valence-corrected chi connectivity index (χ1v) is 8.68. The number of hydrogen-bond acceptors (Lipinski definition) is 6. The highest BCUT2D eigenvalue weighted by atomic mass is 16.2. The van der Waals surface area contributed by atoms with E-state index in [1.807, 2.05) is 24.9 Å². The number of amides is 1. The minimum Gasteiger partial charge on any atom is -0.365 e. The summed E-state index contributed by atoms with van der Waals surface area (Å²) in [6.45, 7) is 4.80. The number of nitrogens with zero attached hydrogens (tertiary/aromatic N) is 6. The van der Waals surface area contributed by atoms with Gasteiger partial charge in [-0.3, -0.25) is 4.79 Å². The largest absolute Gasteiger partial charge is 0.365 e. The van der Waals surface area contributed by atoms with Crippen molar-refractivity contribution in [1.29, 1.82) is 0 Å². The van der Waals surface area contributed by atoms with Crippen LogP contribution in [0.2, 0.25) is 0 Å². The first-order chi connectivity index (χ1) is 12.1. The predicted octanol–water partition coefficient (Wildman–Crippen LogP) is 0.687. The molecule has 0 aromatic carbocycles. The zero-order chi connectivity index (χ0) is 17.4. The second-order valence-corrected chi connectivity index (χ2v) is 6.83. The van der Waals surface area contributed by atoms with E-state index < -0.39 is 0 Å². The van der Waals surface area contributed by atoms with Crippen LogP contribution in [-0.2, 0) is 17.8 Å². The Morgan fingerprint density at radius 2 is 2.16 bits per heavy atom. The van der Waals surface area contributed by atoms with Crippen LogP contribution in [0.25, 0.3) is 0 Å². The summed E-state index contributed by atoms with van der Waals surface area (Å²) in [6.07, 6.45) is 5.67. The molecular weight excluding hydrogens is 318 g/mol. The van der Waals surface area contributed by atoms with E-state index in [0.29, 0.717) is 12.6 Å². The van der Waals surface area contributed by atoms with Crippen LogP contribution >= 0.6 is 0 Å². The van der Waals surface area contributed by atoms with E-state index in [1.54, 1.807) is 11.2 Å². The Balaban J connectivity index is 1.44. The number of aromatic nitrogens is 4. The van der Waals surface area contributed by atoms with E-state index in [9.17, 15) is 4.79 Å². The summed E-state index contributed by atoms with van der Waals surface area (Å²) in [4.78, 5) is 28.9. The quantitative estimate of drug-likeness (QED) is 0.885. The number of likely N-dealkylation sites (N-methyl/N-ethyl adjacent to an activating group) is 1. The lowest BCUT2D eigenvalue weighted by atomic mass is 10.1. The third kappa shape index (κ3) is 3.29. The Morgan fingerprint density at radius 1 is 1.28 bits per heavy atom. The van der Waals surface area contributed by atoms with Gasteiger partial charge >= 0.3 is 0 Å². The molecule has 0 aliphatic carbocycles. The monoisotopic (exact) mass is 341 g/mol. The normalized spacial score (nSPS) is 20.6. The van der Waals surface area contributed by atoms with E-state index >= 15 is 0 Å². The van der Waals surface area contributed by atoms with Crippen molar-refractivity contribution in [2.75, 3.05) is 36.9 Å². The van der Waals surface area contributed by atoms with Gasteiger partial charge in [0.05, 0.1) is 12.2 Å². The number of carbonyl (C=O) groups excluding carboxylic acids is 1. The van der Waals surface area contributed by atoms with E-state index in [1.165, 1.54) is 0 Å². The fourth-order valence-electron chi connectivity index (χ4n) is 3.47. The molecule has 2 aliphatic rings. The van der Waals surface area contributed by atoms with Gasteiger partial charge in [-0.2, -0.15) is 0 Å². The predicted molar refractivity (Wildman–Crippen MR) is 94.6 cm³/mol. The molecule has 0 spiro atoms. The number of hydrogen-bond donors (Lipinski definition) is 1. The molecule has 4 heterocycles. The molecule has 8 heteroatoms. The van der Waals surface area contributed by atoms with Crippen LogP contribution in [0.1, 0.15) is 17.9 Å². The Kier molecular flexibility index (Phi) is 4.03. The fraction of sp³-hybridized carbons (Fsp3) is 0.529. The lowest BCUT2D eigenvalue weighted by molar-refractivity contribution is -0.129. The summed E-state index contributed by atoms with van der Waals surface area (Å²) in [5.41, 5.74) is 1.07. The zero-order valence-electron chi connectivity index (χ0n) is 14.6. The van der Waals surface area contributed by atoms with Gasteiger partial charge in [0, 0.05) is 51.4 Å². The van der Waals surface area contributed by atoms with Crippen molar-refractivity contribution in [3.8, 4) is 0 Å². The molecule has 132 valence electrons. The standard InChI is InChI=1S/C17H23N7O/c1-12-8-24-9-13(3-4-15(24)20-12)21-14-7-16(19-11-18-14)23-6-5-22(2)17(25)10-23/h7-8,11,13H,3-6,9-10H2,1-2H3,(H,18,19,21). The number of carbonyl (C=O) groups is 1. The lowest BCUT2D eigenvalue weighted by Gasteiger charge is -2.33. The van der Waals surface area contributed by atoms with Gasteiger partial charge in [0.2, 0.25) is 5.91 Å². The maximum Gasteiger partial charge on any atom is 0.241 e. The van der Waals surface area contributed by atoms with Gasteiger partial charge in [-0.25, -0.2) is 15.0 Å². The molecule has 0 radical (unpaired) electrons. The molecule has 1 N–H and O–H groups in total. The Morgan fingerprint density at radius 3 is 3.00 bits per heavy atom. The number of piperazine rings is 1. The van der Waals surface area contributed by atoms with Crippen molar-refractivity contribution >= 4 is 17.5 Å². The second-order valence-electron chi connectivity index (χ2n) is 6.83. The number of rotatable bonds is 3. The highest BCUT2D eigenvalue weighted by Crippen LogP contribution is 2.20. The zero-order valence-corrected chi connectivity index (χ0v) is 14.6. The van der Waals surface area contributed by atoms with Crippen LogP contribution in [0.15, 0.2) is 18.6 Å². The molecule has 2 aliphatic heterocycles. The molecule has 8 nitrogen and oxygen atoms in total. The van der Waals surface area contributed by atoms with E-state index in [4.69, 9.17) is 0 Å². The molecule has 1 atom stereocenters. The molecule has 0 saturated carbocycles.